The van der Waals surface area contributed by atoms with Crippen molar-refractivity contribution in [1.29, 1.82) is 0 Å². The Morgan fingerprint density at radius 2 is 2.25 bits per heavy atom. The van der Waals surface area contributed by atoms with Gasteiger partial charge < -0.3 is 9.30 Å². The van der Waals surface area contributed by atoms with E-state index in [0.29, 0.717) is 5.56 Å². The van der Waals surface area contributed by atoms with Crippen molar-refractivity contribution < 1.29 is 13.9 Å². The normalized spacial score (nSPS) is 10.6. The Labute approximate surface area is 117 Å². The third kappa shape index (κ3) is 3.23. The van der Waals surface area contributed by atoms with Crippen LogP contribution in [-0.4, -0.2) is 15.3 Å². The van der Waals surface area contributed by atoms with E-state index in [4.69, 9.17) is 4.74 Å². The van der Waals surface area contributed by atoms with Gasteiger partial charge in [0.2, 0.25) is 0 Å². The summed E-state index contributed by atoms with van der Waals surface area (Å²) in [6.45, 7) is 4.57. The Kier molecular flexibility index (Phi) is 4.50. The minimum Gasteiger partial charge on any atom is -0.484 e. The zero-order valence-corrected chi connectivity index (χ0v) is 11.6. The molecule has 0 bridgehead atoms. The molecule has 5 heteroatoms. The smallest absolute Gasteiger partial charge is 0.165 e. The number of hydrogen-bond donors (Lipinski definition) is 0. The van der Waals surface area contributed by atoms with Crippen LogP contribution in [0.25, 0.3) is 0 Å². The second-order valence-corrected chi connectivity index (χ2v) is 4.57. The summed E-state index contributed by atoms with van der Waals surface area (Å²) in [6, 6.07) is 4.23. The highest BCUT2D eigenvalue weighted by Crippen LogP contribution is 2.20. The summed E-state index contributed by atoms with van der Waals surface area (Å²) in [7, 11) is 0. The van der Waals surface area contributed by atoms with Gasteiger partial charge in [-0.15, -0.1) is 0 Å². The highest BCUT2D eigenvalue weighted by Gasteiger charge is 2.09. The number of imidazole rings is 1. The number of ether oxygens (including phenoxy) is 1. The molecular weight excluding hydrogens is 259 g/mol. The Morgan fingerprint density at radius 1 is 1.45 bits per heavy atom. The number of hydrogen-bond acceptors (Lipinski definition) is 3. The number of carbonyl (C=O) groups excluding carboxylic acids is 1. The zero-order valence-electron chi connectivity index (χ0n) is 11.6. The standard InChI is InChI=1S/C15H17FN2O2/c1-3-6-18-10-17-8-13(18)9-20-15-5-4-12(11(2)19)7-14(15)16/h4-5,7-8,10H,3,6,9H2,1-2H3. The lowest BCUT2D eigenvalue weighted by molar-refractivity contribution is 0.101. The van der Waals surface area contributed by atoms with E-state index >= 15 is 0 Å². The molecule has 1 aromatic carbocycles. The molecule has 0 aliphatic carbocycles. The van der Waals surface area contributed by atoms with Gasteiger partial charge in [-0.2, -0.15) is 0 Å². The molecule has 2 aromatic rings. The molecule has 0 saturated heterocycles. The number of benzene rings is 1. The molecule has 20 heavy (non-hydrogen) atoms. The van der Waals surface area contributed by atoms with Crippen LogP contribution < -0.4 is 4.74 Å². The fourth-order valence-electron chi connectivity index (χ4n) is 1.90. The van der Waals surface area contributed by atoms with Crippen molar-refractivity contribution in [2.24, 2.45) is 0 Å². The molecule has 0 atom stereocenters. The zero-order chi connectivity index (χ0) is 14.5. The van der Waals surface area contributed by atoms with Crippen molar-refractivity contribution in [2.45, 2.75) is 33.4 Å². The molecule has 0 unspecified atom stereocenters. The van der Waals surface area contributed by atoms with Crippen molar-refractivity contribution in [3.8, 4) is 5.75 Å². The average molecular weight is 276 g/mol. The summed E-state index contributed by atoms with van der Waals surface area (Å²) in [5, 5.41) is 0. The van der Waals surface area contributed by atoms with Gasteiger partial charge in [-0.3, -0.25) is 4.79 Å². The van der Waals surface area contributed by atoms with Crippen LogP contribution in [0.5, 0.6) is 5.75 Å². The third-order valence-corrected chi connectivity index (χ3v) is 2.98. The number of carbonyl (C=O) groups is 1. The maximum Gasteiger partial charge on any atom is 0.165 e. The van der Waals surface area contributed by atoms with Crippen molar-refractivity contribution in [2.75, 3.05) is 0 Å². The Morgan fingerprint density at radius 3 is 2.90 bits per heavy atom. The van der Waals surface area contributed by atoms with Crippen LogP contribution in [0.2, 0.25) is 0 Å². The maximum atomic E-state index is 13.8. The van der Waals surface area contributed by atoms with Crippen molar-refractivity contribution in [3.63, 3.8) is 0 Å². The van der Waals surface area contributed by atoms with Crippen LogP contribution in [0.1, 0.15) is 36.3 Å². The summed E-state index contributed by atoms with van der Waals surface area (Å²) < 4.78 is 21.2. The largest absolute Gasteiger partial charge is 0.484 e. The average Bonchev–Trinajstić information content (AvgIpc) is 2.85. The van der Waals surface area contributed by atoms with Gasteiger partial charge in [0.05, 0.1) is 18.2 Å². The van der Waals surface area contributed by atoms with Crippen molar-refractivity contribution >= 4 is 5.78 Å². The van der Waals surface area contributed by atoms with Crippen molar-refractivity contribution in [3.05, 3.63) is 47.8 Å². The van der Waals surface area contributed by atoms with E-state index in [0.717, 1.165) is 18.7 Å². The van der Waals surface area contributed by atoms with Gasteiger partial charge in [0.1, 0.15) is 6.61 Å². The Balaban J connectivity index is 2.07. The number of rotatable bonds is 6. The first kappa shape index (κ1) is 14.2. The fraction of sp³-hybridized carbons (Fsp3) is 0.333. The van der Waals surface area contributed by atoms with Gasteiger partial charge in [0.25, 0.3) is 0 Å². The monoisotopic (exact) mass is 276 g/mol. The molecule has 1 aromatic heterocycles. The van der Waals surface area contributed by atoms with Crippen LogP contribution in [0.15, 0.2) is 30.7 Å². The maximum absolute atomic E-state index is 13.8. The first-order chi connectivity index (χ1) is 9.61. The Bertz CT molecular complexity index is 608. The molecule has 0 N–H and O–H groups in total. The number of ketones is 1. The molecule has 4 nitrogen and oxygen atoms in total. The van der Waals surface area contributed by atoms with Gasteiger partial charge in [0.15, 0.2) is 17.3 Å². The summed E-state index contributed by atoms with van der Waals surface area (Å²) in [5.74, 6) is -0.560. The van der Waals surface area contributed by atoms with Crippen LogP contribution in [0.4, 0.5) is 4.39 Å². The molecule has 2 rings (SSSR count). The highest BCUT2D eigenvalue weighted by molar-refractivity contribution is 5.94. The third-order valence-electron chi connectivity index (χ3n) is 2.98. The van der Waals surface area contributed by atoms with Gasteiger partial charge in [0, 0.05) is 12.1 Å². The SMILES string of the molecule is CCCn1cncc1COc1ccc(C(C)=O)cc1F. The van der Waals surface area contributed by atoms with E-state index in [1.54, 1.807) is 18.6 Å². The molecule has 0 aliphatic rings. The lowest BCUT2D eigenvalue weighted by Crippen LogP contribution is -2.06. The Hall–Kier alpha value is -2.17. The molecular formula is C15H17FN2O2. The number of Topliss-reactive ketones (excluding diaryl/α,β-unsaturated/α-hetero) is 1. The second-order valence-electron chi connectivity index (χ2n) is 4.57. The van der Waals surface area contributed by atoms with Gasteiger partial charge in [-0.25, -0.2) is 9.37 Å². The van der Waals surface area contributed by atoms with Crippen molar-refractivity contribution in [1.82, 2.24) is 9.55 Å². The molecule has 0 radical (unpaired) electrons. The first-order valence-electron chi connectivity index (χ1n) is 6.54. The van der Waals surface area contributed by atoms with E-state index < -0.39 is 5.82 Å². The minimum atomic E-state index is -0.528. The van der Waals surface area contributed by atoms with Gasteiger partial charge in [-0.05, 0) is 31.5 Å². The second kappa shape index (κ2) is 6.32. The molecule has 106 valence electrons. The quantitative estimate of drug-likeness (QED) is 0.761. The summed E-state index contributed by atoms with van der Waals surface area (Å²) in [6.07, 6.45) is 4.43. The van der Waals surface area contributed by atoms with Gasteiger partial charge >= 0.3 is 0 Å². The predicted molar refractivity (Wildman–Crippen MR) is 73.3 cm³/mol. The molecule has 0 aliphatic heterocycles. The highest BCUT2D eigenvalue weighted by atomic mass is 19.1. The van der Waals surface area contributed by atoms with E-state index in [9.17, 15) is 9.18 Å². The van der Waals surface area contributed by atoms with E-state index in [1.807, 2.05) is 4.57 Å². The van der Waals surface area contributed by atoms with Crippen LogP contribution in [0, 0.1) is 5.82 Å². The minimum absolute atomic E-state index is 0.138. The summed E-state index contributed by atoms with van der Waals surface area (Å²) >= 11 is 0. The number of aromatic nitrogens is 2. The topological polar surface area (TPSA) is 44.1 Å². The van der Waals surface area contributed by atoms with Gasteiger partial charge in [-0.1, -0.05) is 6.92 Å². The summed E-state index contributed by atoms with van der Waals surface area (Å²) in [4.78, 5) is 15.2. The summed E-state index contributed by atoms with van der Waals surface area (Å²) in [5.41, 5.74) is 1.23. The molecule has 0 saturated carbocycles. The van der Waals surface area contributed by atoms with E-state index in [1.165, 1.54) is 19.1 Å². The van der Waals surface area contributed by atoms with Crippen LogP contribution >= 0.6 is 0 Å². The molecule has 1 heterocycles. The van der Waals surface area contributed by atoms with Crippen LogP contribution in [0.3, 0.4) is 0 Å². The number of aryl methyl sites for hydroxylation is 1. The first-order valence-corrected chi connectivity index (χ1v) is 6.54. The van der Waals surface area contributed by atoms with E-state index in [2.05, 4.69) is 11.9 Å². The lowest BCUT2D eigenvalue weighted by atomic mass is 10.1. The number of nitrogens with zero attached hydrogens (tertiary/aromatic N) is 2. The molecule has 0 amide bonds. The molecule has 0 spiro atoms. The van der Waals surface area contributed by atoms with Crippen LogP contribution in [-0.2, 0) is 13.2 Å². The fourth-order valence-corrected chi connectivity index (χ4v) is 1.90. The lowest BCUT2D eigenvalue weighted by Gasteiger charge is -2.10. The predicted octanol–water partition coefficient (Wildman–Crippen LogP) is 3.21. The van der Waals surface area contributed by atoms with E-state index in [-0.39, 0.29) is 18.1 Å². The number of halogens is 1. The molecule has 0 fully saturated rings.